The summed E-state index contributed by atoms with van der Waals surface area (Å²) in [5, 5.41) is 23.4. The summed E-state index contributed by atoms with van der Waals surface area (Å²) in [4.78, 5) is 12.5. The van der Waals surface area contributed by atoms with Crippen molar-refractivity contribution in [1.29, 1.82) is 0 Å². The van der Waals surface area contributed by atoms with E-state index in [0.717, 1.165) is 0 Å². The topological polar surface area (TPSA) is 88.0 Å². The van der Waals surface area contributed by atoms with Crippen LogP contribution in [0.5, 0.6) is 11.5 Å². The molecule has 0 radical (unpaired) electrons. The van der Waals surface area contributed by atoms with Crippen molar-refractivity contribution in [2.24, 2.45) is 0 Å². The van der Waals surface area contributed by atoms with Crippen molar-refractivity contribution in [3.63, 3.8) is 0 Å². The molecule has 1 fully saturated rings. The molecule has 3 rings (SSSR count). The highest BCUT2D eigenvalue weighted by atomic mass is 16.5. The van der Waals surface area contributed by atoms with Gasteiger partial charge in [0.15, 0.2) is 0 Å². The molecule has 0 bridgehead atoms. The van der Waals surface area contributed by atoms with Crippen LogP contribution >= 0.6 is 0 Å². The van der Waals surface area contributed by atoms with Gasteiger partial charge in [-0.3, -0.25) is 4.79 Å². The van der Waals surface area contributed by atoms with Crippen LogP contribution in [0.15, 0.2) is 42.5 Å². The van der Waals surface area contributed by atoms with E-state index >= 15 is 0 Å². The fourth-order valence-corrected chi connectivity index (χ4v) is 2.98. The van der Waals surface area contributed by atoms with E-state index in [1.807, 2.05) is 6.07 Å². The molecule has 0 saturated carbocycles. The summed E-state index contributed by atoms with van der Waals surface area (Å²) in [6.07, 6.45) is 1.01. The third-order valence-corrected chi connectivity index (χ3v) is 4.64. The second kappa shape index (κ2) is 7.76. The number of carbonyl (C=O) groups is 1. The Bertz CT molecular complexity index is 784. The van der Waals surface area contributed by atoms with Crippen molar-refractivity contribution in [1.82, 2.24) is 5.32 Å². The lowest BCUT2D eigenvalue weighted by molar-refractivity contribution is -0.0605. The van der Waals surface area contributed by atoms with Crippen molar-refractivity contribution in [3.05, 3.63) is 48.0 Å². The van der Waals surface area contributed by atoms with Crippen molar-refractivity contribution in [2.75, 3.05) is 26.9 Å². The predicted octanol–water partition coefficient (Wildman–Crippen LogP) is 2.34. The average Bonchev–Trinajstić information content (AvgIpc) is 2.67. The quantitative estimate of drug-likeness (QED) is 0.764. The first-order chi connectivity index (χ1) is 12.5. The first-order valence-electron chi connectivity index (χ1n) is 8.56. The van der Waals surface area contributed by atoms with E-state index in [1.165, 1.54) is 0 Å². The van der Waals surface area contributed by atoms with Crippen LogP contribution in [0.2, 0.25) is 0 Å². The highest BCUT2D eigenvalue weighted by Crippen LogP contribution is 2.33. The lowest BCUT2D eigenvalue weighted by Gasteiger charge is -2.32. The minimum absolute atomic E-state index is 0.111. The number of hydrogen-bond acceptors (Lipinski definition) is 5. The van der Waals surface area contributed by atoms with Gasteiger partial charge in [0.1, 0.15) is 11.5 Å². The van der Waals surface area contributed by atoms with Crippen LogP contribution < -0.4 is 10.1 Å². The summed E-state index contributed by atoms with van der Waals surface area (Å²) < 4.78 is 10.4. The molecule has 2 aromatic carbocycles. The Labute approximate surface area is 152 Å². The molecule has 1 aliphatic heterocycles. The third-order valence-electron chi connectivity index (χ3n) is 4.64. The number of benzene rings is 2. The van der Waals surface area contributed by atoms with E-state index in [9.17, 15) is 15.0 Å². The van der Waals surface area contributed by atoms with Gasteiger partial charge in [0, 0.05) is 43.7 Å². The number of rotatable bonds is 5. The molecule has 1 saturated heterocycles. The lowest BCUT2D eigenvalue weighted by atomic mass is 9.94. The molecule has 0 aromatic heterocycles. The molecule has 1 heterocycles. The van der Waals surface area contributed by atoms with Crippen LogP contribution in [0.1, 0.15) is 23.2 Å². The summed E-state index contributed by atoms with van der Waals surface area (Å²) in [7, 11) is 1.56. The summed E-state index contributed by atoms with van der Waals surface area (Å²) in [6, 6.07) is 11.9. The number of methoxy groups -OCH3 is 1. The van der Waals surface area contributed by atoms with Crippen molar-refractivity contribution in [3.8, 4) is 22.6 Å². The number of aliphatic hydroxyl groups is 1. The molecule has 2 aromatic rings. The normalized spacial score (nSPS) is 16.1. The molecular weight excluding hydrogens is 334 g/mol. The minimum Gasteiger partial charge on any atom is -0.507 e. The largest absolute Gasteiger partial charge is 0.507 e. The van der Waals surface area contributed by atoms with Gasteiger partial charge in [-0.15, -0.1) is 0 Å². The molecule has 6 heteroatoms. The number of phenols is 1. The van der Waals surface area contributed by atoms with Crippen LogP contribution in [0, 0.1) is 0 Å². The zero-order valence-electron chi connectivity index (χ0n) is 14.7. The SMILES string of the molecule is COc1ccc(O)c(-c2cccc(C(=O)NCC3(O)CCOCC3)c2)c1. The van der Waals surface area contributed by atoms with E-state index in [4.69, 9.17) is 9.47 Å². The maximum atomic E-state index is 12.5. The van der Waals surface area contributed by atoms with Gasteiger partial charge >= 0.3 is 0 Å². The molecule has 1 aliphatic rings. The number of ether oxygens (including phenoxy) is 2. The fourth-order valence-electron chi connectivity index (χ4n) is 2.98. The lowest BCUT2D eigenvalue weighted by Crippen LogP contribution is -2.46. The maximum absolute atomic E-state index is 12.5. The Hall–Kier alpha value is -2.57. The van der Waals surface area contributed by atoms with E-state index in [1.54, 1.807) is 43.5 Å². The molecule has 0 spiro atoms. The molecular formula is C20H23NO5. The van der Waals surface area contributed by atoms with Crippen LogP contribution in [0.4, 0.5) is 0 Å². The van der Waals surface area contributed by atoms with E-state index in [2.05, 4.69) is 5.32 Å². The Morgan fingerprint density at radius 2 is 2.00 bits per heavy atom. The minimum atomic E-state index is -0.920. The third kappa shape index (κ3) is 4.15. The molecule has 0 atom stereocenters. The molecule has 0 unspecified atom stereocenters. The summed E-state index contributed by atoms with van der Waals surface area (Å²) in [5.41, 5.74) is 0.831. The molecule has 138 valence electrons. The second-order valence-corrected chi connectivity index (χ2v) is 6.48. The van der Waals surface area contributed by atoms with E-state index < -0.39 is 5.60 Å². The van der Waals surface area contributed by atoms with Gasteiger partial charge in [0.05, 0.1) is 12.7 Å². The van der Waals surface area contributed by atoms with Crippen molar-refractivity contribution in [2.45, 2.75) is 18.4 Å². The smallest absolute Gasteiger partial charge is 0.251 e. The number of nitrogens with one attached hydrogen (secondary N) is 1. The number of carbonyl (C=O) groups excluding carboxylic acids is 1. The first kappa shape index (κ1) is 18.2. The van der Waals surface area contributed by atoms with Gasteiger partial charge < -0.3 is 25.0 Å². The molecule has 6 nitrogen and oxygen atoms in total. The van der Waals surface area contributed by atoms with Crippen LogP contribution in [0.3, 0.4) is 0 Å². The Balaban J connectivity index is 1.75. The van der Waals surface area contributed by atoms with Gasteiger partial charge in [-0.1, -0.05) is 12.1 Å². The first-order valence-corrected chi connectivity index (χ1v) is 8.56. The number of hydrogen-bond donors (Lipinski definition) is 3. The van der Waals surface area contributed by atoms with E-state index in [0.29, 0.717) is 48.5 Å². The second-order valence-electron chi connectivity index (χ2n) is 6.48. The molecule has 26 heavy (non-hydrogen) atoms. The van der Waals surface area contributed by atoms with Crippen molar-refractivity contribution >= 4 is 5.91 Å². The van der Waals surface area contributed by atoms with Crippen LogP contribution in [-0.2, 0) is 4.74 Å². The monoisotopic (exact) mass is 357 g/mol. The Morgan fingerprint density at radius 3 is 2.73 bits per heavy atom. The number of amides is 1. The number of aromatic hydroxyl groups is 1. The van der Waals surface area contributed by atoms with Crippen LogP contribution in [-0.4, -0.2) is 48.6 Å². The summed E-state index contributed by atoms with van der Waals surface area (Å²) in [6.45, 7) is 1.18. The summed E-state index contributed by atoms with van der Waals surface area (Å²) >= 11 is 0. The molecule has 1 amide bonds. The van der Waals surface area contributed by atoms with Crippen LogP contribution in [0.25, 0.3) is 11.1 Å². The molecule has 0 aliphatic carbocycles. The maximum Gasteiger partial charge on any atom is 0.251 e. The highest BCUT2D eigenvalue weighted by molar-refractivity contribution is 5.95. The number of phenolic OH excluding ortho intramolecular Hbond substituents is 1. The Morgan fingerprint density at radius 1 is 1.23 bits per heavy atom. The molecule has 3 N–H and O–H groups in total. The van der Waals surface area contributed by atoms with Gasteiger partial charge in [-0.2, -0.15) is 0 Å². The highest BCUT2D eigenvalue weighted by Gasteiger charge is 2.30. The van der Waals surface area contributed by atoms with Gasteiger partial charge in [-0.05, 0) is 35.9 Å². The van der Waals surface area contributed by atoms with Gasteiger partial charge in [0.25, 0.3) is 5.91 Å². The van der Waals surface area contributed by atoms with Crippen molar-refractivity contribution < 1.29 is 24.5 Å². The predicted molar refractivity (Wildman–Crippen MR) is 97.4 cm³/mol. The fraction of sp³-hybridized carbons (Fsp3) is 0.350. The van der Waals surface area contributed by atoms with Gasteiger partial charge in [0.2, 0.25) is 0 Å². The zero-order valence-corrected chi connectivity index (χ0v) is 14.7. The standard InChI is InChI=1S/C20H23NO5/c1-25-16-5-6-18(22)17(12-16)14-3-2-4-15(11-14)19(23)21-13-20(24)7-9-26-10-8-20/h2-6,11-12,22,24H,7-10,13H2,1H3,(H,21,23). The zero-order chi connectivity index (χ0) is 18.6. The van der Waals surface area contributed by atoms with E-state index in [-0.39, 0.29) is 18.2 Å². The average molecular weight is 357 g/mol. The summed E-state index contributed by atoms with van der Waals surface area (Å²) in [5.74, 6) is 0.462. The van der Waals surface area contributed by atoms with Gasteiger partial charge in [-0.25, -0.2) is 0 Å². The Kier molecular flexibility index (Phi) is 5.44.